The molecule has 0 bridgehead atoms. The van der Waals surface area contributed by atoms with Crippen LogP contribution < -0.4 is 5.73 Å². The summed E-state index contributed by atoms with van der Waals surface area (Å²) in [6.45, 7) is 6.63. The van der Waals surface area contributed by atoms with Gasteiger partial charge in [-0.25, -0.2) is 0 Å². The van der Waals surface area contributed by atoms with E-state index in [2.05, 4.69) is 6.58 Å². The van der Waals surface area contributed by atoms with Crippen LogP contribution in [0.25, 0.3) is 0 Å². The highest BCUT2D eigenvalue weighted by Gasteiger charge is 1.88. The first-order chi connectivity index (χ1) is 6.20. The van der Waals surface area contributed by atoms with Gasteiger partial charge in [-0.1, -0.05) is 12.7 Å². The van der Waals surface area contributed by atoms with E-state index in [1.807, 2.05) is 6.92 Å². The molecule has 0 unspecified atom stereocenters. The van der Waals surface area contributed by atoms with Gasteiger partial charge in [0.25, 0.3) is 0 Å². The first-order valence-corrected chi connectivity index (χ1v) is 4.11. The molecule has 3 nitrogen and oxygen atoms in total. The normalized spacial score (nSPS) is 12.0. The average molecular weight is 183 g/mol. The van der Waals surface area contributed by atoms with Crippen LogP contribution in [-0.2, 0) is 9.47 Å². The predicted octanol–water partition coefficient (Wildman–Crippen LogP) is 1.58. The van der Waals surface area contributed by atoms with Crippen LogP contribution in [0.3, 0.4) is 0 Å². The topological polar surface area (TPSA) is 44.5 Å². The Balaban J connectivity index is 3.68. The van der Waals surface area contributed by atoms with Gasteiger partial charge in [-0.05, 0) is 19.1 Å². The molecule has 74 valence electrons. The molecule has 0 aromatic rings. The van der Waals surface area contributed by atoms with Gasteiger partial charge in [-0.15, -0.1) is 0 Å². The standard InChI is InChI=1S/C10H17NO2/c1-4-10(11)6-5-9(2)13-8-7-12-3/h4-6H,2,7-8,11H2,1,3H3/b6-5-,10-4+. The molecule has 0 aliphatic rings. The molecule has 0 amide bonds. The fourth-order valence-electron chi connectivity index (χ4n) is 0.590. The Morgan fingerprint density at radius 1 is 1.38 bits per heavy atom. The van der Waals surface area contributed by atoms with Gasteiger partial charge >= 0.3 is 0 Å². The minimum absolute atomic E-state index is 0.509. The van der Waals surface area contributed by atoms with E-state index in [1.54, 1.807) is 25.3 Å². The molecule has 0 aliphatic heterocycles. The van der Waals surface area contributed by atoms with Crippen molar-refractivity contribution in [1.82, 2.24) is 0 Å². The zero-order valence-corrected chi connectivity index (χ0v) is 8.25. The minimum atomic E-state index is 0.509. The van der Waals surface area contributed by atoms with Gasteiger partial charge in [0.05, 0.1) is 6.61 Å². The Morgan fingerprint density at radius 2 is 2.08 bits per heavy atom. The van der Waals surface area contributed by atoms with Crippen molar-refractivity contribution in [2.45, 2.75) is 6.92 Å². The molecule has 0 spiro atoms. The minimum Gasteiger partial charge on any atom is -0.492 e. The summed E-state index contributed by atoms with van der Waals surface area (Å²) in [5.74, 6) is 0.585. The van der Waals surface area contributed by atoms with E-state index < -0.39 is 0 Å². The van der Waals surface area contributed by atoms with Gasteiger partial charge in [0.1, 0.15) is 12.4 Å². The Kier molecular flexibility index (Phi) is 6.73. The summed E-state index contributed by atoms with van der Waals surface area (Å²) in [6.07, 6.45) is 5.28. The van der Waals surface area contributed by atoms with Gasteiger partial charge in [0.2, 0.25) is 0 Å². The molecule has 2 N–H and O–H groups in total. The maximum Gasteiger partial charge on any atom is 0.112 e. The number of hydrogen-bond acceptors (Lipinski definition) is 3. The van der Waals surface area contributed by atoms with Crippen molar-refractivity contribution in [3.63, 3.8) is 0 Å². The van der Waals surface area contributed by atoms with E-state index in [4.69, 9.17) is 15.2 Å². The number of ether oxygens (including phenoxy) is 2. The average Bonchev–Trinajstić information content (AvgIpc) is 2.14. The molecule has 0 atom stereocenters. The quantitative estimate of drug-likeness (QED) is 0.386. The molecule has 3 heteroatoms. The molecular formula is C10H17NO2. The Labute approximate surface area is 79.5 Å². The Bertz CT molecular complexity index is 207. The number of nitrogens with two attached hydrogens (primary N) is 1. The lowest BCUT2D eigenvalue weighted by Gasteiger charge is -2.03. The number of hydrogen-bond donors (Lipinski definition) is 1. The third-order valence-corrected chi connectivity index (χ3v) is 1.37. The van der Waals surface area contributed by atoms with E-state index in [0.717, 1.165) is 0 Å². The molecule has 0 heterocycles. The SMILES string of the molecule is C=C(/C=C\C(N)=C/C)OCCOC. The molecule has 0 aromatic carbocycles. The van der Waals surface area contributed by atoms with Gasteiger partial charge in [0, 0.05) is 12.8 Å². The predicted molar refractivity (Wildman–Crippen MR) is 54.1 cm³/mol. The van der Waals surface area contributed by atoms with E-state index in [1.165, 1.54) is 0 Å². The van der Waals surface area contributed by atoms with E-state index in [0.29, 0.717) is 24.7 Å². The van der Waals surface area contributed by atoms with Crippen molar-refractivity contribution in [3.8, 4) is 0 Å². The maximum atomic E-state index is 5.53. The summed E-state index contributed by atoms with van der Waals surface area (Å²) < 4.78 is 10.0. The highest BCUT2D eigenvalue weighted by molar-refractivity contribution is 5.20. The van der Waals surface area contributed by atoms with E-state index in [9.17, 15) is 0 Å². The number of methoxy groups -OCH3 is 1. The second kappa shape index (κ2) is 7.43. The Morgan fingerprint density at radius 3 is 2.62 bits per heavy atom. The van der Waals surface area contributed by atoms with Crippen molar-refractivity contribution in [1.29, 1.82) is 0 Å². The fraction of sp³-hybridized carbons (Fsp3) is 0.400. The second-order valence-corrected chi connectivity index (χ2v) is 2.43. The molecule has 0 aliphatic carbocycles. The zero-order chi connectivity index (χ0) is 10.1. The van der Waals surface area contributed by atoms with Gasteiger partial charge in [-0.2, -0.15) is 0 Å². The van der Waals surface area contributed by atoms with Crippen LogP contribution in [0, 0.1) is 0 Å². The third kappa shape index (κ3) is 7.15. The van der Waals surface area contributed by atoms with Crippen molar-refractivity contribution in [2.24, 2.45) is 5.73 Å². The van der Waals surface area contributed by atoms with Crippen molar-refractivity contribution in [2.75, 3.05) is 20.3 Å². The molecule has 0 radical (unpaired) electrons. The van der Waals surface area contributed by atoms with Crippen LogP contribution in [-0.4, -0.2) is 20.3 Å². The lowest BCUT2D eigenvalue weighted by atomic mass is 10.3. The summed E-state index contributed by atoms with van der Waals surface area (Å²) in [7, 11) is 1.62. The van der Waals surface area contributed by atoms with Crippen LogP contribution in [0.5, 0.6) is 0 Å². The summed E-state index contributed by atoms with van der Waals surface area (Å²) in [5.41, 5.74) is 6.22. The first-order valence-electron chi connectivity index (χ1n) is 4.11. The zero-order valence-electron chi connectivity index (χ0n) is 8.25. The maximum absolute atomic E-state index is 5.53. The van der Waals surface area contributed by atoms with Gasteiger partial charge < -0.3 is 15.2 Å². The van der Waals surface area contributed by atoms with Gasteiger partial charge in [0.15, 0.2) is 0 Å². The fourth-order valence-corrected chi connectivity index (χ4v) is 0.590. The van der Waals surface area contributed by atoms with Crippen molar-refractivity contribution < 1.29 is 9.47 Å². The molecule has 13 heavy (non-hydrogen) atoms. The molecule has 0 saturated heterocycles. The second-order valence-electron chi connectivity index (χ2n) is 2.43. The molecular weight excluding hydrogens is 166 g/mol. The van der Waals surface area contributed by atoms with Crippen LogP contribution >= 0.6 is 0 Å². The molecule has 0 rings (SSSR count). The van der Waals surface area contributed by atoms with Crippen molar-refractivity contribution >= 4 is 0 Å². The first kappa shape index (κ1) is 11.8. The van der Waals surface area contributed by atoms with Crippen LogP contribution in [0.2, 0.25) is 0 Å². The highest BCUT2D eigenvalue weighted by atomic mass is 16.5. The number of allylic oxidation sites excluding steroid dienone is 3. The van der Waals surface area contributed by atoms with E-state index >= 15 is 0 Å². The number of rotatable bonds is 6. The molecule has 0 fully saturated rings. The monoisotopic (exact) mass is 183 g/mol. The summed E-state index contributed by atoms with van der Waals surface area (Å²) in [6, 6.07) is 0. The lowest BCUT2D eigenvalue weighted by Crippen LogP contribution is -2.00. The van der Waals surface area contributed by atoms with Crippen LogP contribution in [0.1, 0.15) is 6.92 Å². The Hall–Kier alpha value is -1.22. The van der Waals surface area contributed by atoms with Crippen molar-refractivity contribution in [3.05, 3.63) is 36.3 Å². The van der Waals surface area contributed by atoms with Gasteiger partial charge in [-0.3, -0.25) is 0 Å². The summed E-state index contributed by atoms with van der Waals surface area (Å²) in [4.78, 5) is 0. The molecule has 0 aromatic heterocycles. The molecule has 0 saturated carbocycles. The van der Waals surface area contributed by atoms with Crippen LogP contribution in [0.4, 0.5) is 0 Å². The summed E-state index contributed by atoms with van der Waals surface area (Å²) >= 11 is 0. The highest BCUT2D eigenvalue weighted by Crippen LogP contribution is 1.97. The largest absolute Gasteiger partial charge is 0.492 e. The van der Waals surface area contributed by atoms with Crippen LogP contribution in [0.15, 0.2) is 36.3 Å². The summed E-state index contributed by atoms with van der Waals surface area (Å²) in [5, 5.41) is 0. The lowest BCUT2D eigenvalue weighted by molar-refractivity contribution is 0.115. The smallest absolute Gasteiger partial charge is 0.112 e. The van der Waals surface area contributed by atoms with E-state index in [-0.39, 0.29) is 0 Å². The third-order valence-electron chi connectivity index (χ3n) is 1.37.